The zero-order valence-electron chi connectivity index (χ0n) is 15.0. The topological polar surface area (TPSA) is 79.8 Å². The Labute approximate surface area is 167 Å². The van der Waals surface area contributed by atoms with Crippen LogP contribution in [0.25, 0.3) is 0 Å². The van der Waals surface area contributed by atoms with Crippen molar-refractivity contribution in [3.63, 3.8) is 0 Å². The molecular formula is C17H28IN3O3S. The summed E-state index contributed by atoms with van der Waals surface area (Å²) in [5, 5.41) is 6.41. The Hall–Kier alpha value is -1.03. The van der Waals surface area contributed by atoms with Gasteiger partial charge in [0.1, 0.15) is 11.9 Å². The monoisotopic (exact) mass is 481 g/mol. The summed E-state index contributed by atoms with van der Waals surface area (Å²) >= 11 is 0. The first kappa shape index (κ1) is 22.0. The average Bonchev–Trinajstić information content (AvgIpc) is 2.86. The lowest BCUT2D eigenvalue weighted by Crippen LogP contribution is -2.43. The highest BCUT2D eigenvalue weighted by Crippen LogP contribution is 2.17. The minimum absolute atomic E-state index is 0. The second-order valence-corrected chi connectivity index (χ2v) is 8.58. The van der Waals surface area contributed by atoms with E-state index in [9.17, 15) is 8.42 Å². The maximum atomic E-state index is 11.5. The highest BCUT2D eigenvalue weighted by atomic mass is 127. The first-order chi connectivity index (χ1) is 11.4. The number of benzene rings is 1. The molecule has 1 aromatic rings. The Kier molecular flexibility index (Phi) is 8.98. The van der Waals surface area contributed by atoms with Crippen LogP contribution < -0.4 is 15.4 Å². The molecule has 1 aliphatic rings. The summed E-state index contributed by atoms with van der Waals surface area (Å²) in [5.74, 6) is 2.24. The Morgan fingerprint density at radius 3 is 2.76 bits per heavy atom. The molecule has 2 rings (SSSR count). The molecule has 1 aliphatic heterocycles. The lowest BCUT2D eigenvalue weighted by Gasteiger charge is -2.19. The van der Waals surface area contributed by atoms with E-state index < -0.39 is 9.84 Å². The Balaban J connectivity index is 0.00000312. The fourth-order valence-corrected chi connectivity index (χ4v) is 4.56. The molecule has 1 aromatic carbocycles. The predicted molar refractivity (Wildman–Crippen MR) is 113 cm³/mol. The SMILES string of the molecule is CN=C(NCC1CCS(=O)(=O)C1)NCC(C)Oc1cccc(C)c1.I. The van der Waals surface area contributed by atoms with Gasteiger partial charge in [-0.3, -0.25) is 4.99 Å². The van der Waals surface area contributed by atoms with Gasteiger partial charge in [-0.15, -0.1) is 24.0 Å². The summed E-state index contributed by atoms with van der Waals surface area (Å²) < 4.78 is 28.8. The van der Waals surface area contributed by atoms with Crippen LogP contribution in [0.2, 0.25) is 0 Å². The smallest absolute Gasteiger partial charge is 0.191 e. The van der Waals surface area contributed by atoms with Crippen LogP contribution in [-0.2, 0) is 9.84 Å². The van der Waals surface area contributed by atoms with E-state index in [1.165, 1.54) is 0 Å². The molecule has 2 unspecified atom stereocenters. The molecule has 0 aromatic heterocycles. The van der Waals surface area contributed by atoms with Crippen molar-refractivity contribution >= 4 is 39.8 Å². The molecule has 0 amide bonds. The van der Waals surface area contributed by atoms with Gasteiger partial charge in [0.25, 0.3) is 0 Å². The van der Waals surface area contributed by atoms with Crippen molar-refractivity contribution in [2.24, 2.45) is 10.9 Å². The van der Waals surface area contributed by atoms with Crippen molar-refractivity contribution in [2.45, 2.75) is 26.4 Å². The molecule has 0 radical (unpaired) electrons. The van der Waals surface area contributed by atoms with E-state index in [1.54, 1.807) is 7.05 Å². The molecule has 1 heterocycles. The quantitative estimate of drug-likeness (QED) is 0.369. The maximum absolute atomic E-state index is 11.5. The number of nitrogens with one attached hydrogen (secondary N) is 2. The number of rotatable bonds is 6. The number of sulfone groups is 1. The zero-order chi connectivity index (χ0) is 17.6. The van der Waals surface area contributed by atoms with Gasteiger partial charge >= 0.3 is 0 Å². The average molecular weight is 481 g/mol. The van der Waals surface area contributed by atoms with Gasteiger partial charge in [-0.2, -0.15) is 0 Å². The van der Waals surface area contributed by atoms with Gasteiger partial charge < -0.3 is 15.4 Å². The third-order valence-electron chi connectivity index (χ3n) is 3.99. The second-order valence-electron chi connectivity index (χ2n) is 6.35. The number of hydrogen-bond donors (Lipinski definition) is 2. The van der Waals surface area contributed by atoms with Gasteiger partial charge in [-0.25, -0.2) is 8.42 Å². The summed E-state index contributed by atoms with van der Waals surface area (Å²) in [7, 11) is -1.13. The van der Waals surface area contributed by atoms with Crippen LogP contribution in [0, 0.1) is 12.8 Å². The molecule has 0 aliphatic carbocycles. The fourth-order valence-electron chi connectivity index (χ4n) is 2.70. The second kappa shape index (κ2) is 10.2. The molecule has 0 saturated carbocycles. The molecule has 8 heteroatoms. The van der Waals surface area contributed by atoms with Crippen molar-refractivity contribution in [3.05, 3.63) is 29.8 Å². The van der Waals surface area contributed by atoms with Crippen molar-refractivity contribution < 1.29 is 13.2 Å². The van der Waals surface area contributed by atoms with Crippen LogP contribution in [-0.4, -0.2) is 52.1 Å². The van der Waals surface area contributed by atoms with E-state index in [1.807, 2.05) is 38.1 Å². The molecule has 2 atom stereocenters. The van der Waals surface area contributed by atoms with Crippen LogP contribution in [0.3, 0.4) is 0 Å². The van der Waals surface area contributed by atoms with Gasteiger partial charge in [0, 0.05) is 13.6 Å². The molecule has 6 nitrogen and oxygen atoms in total. The van der Waals surface area contributed by atoms with Crippen LogP contribution in [0.4, 0.5) is 0 Å². The number of halogens is 1. The Morgan fingerprint density at radius 2 is 2.16 bits per heavy atom. The molecular weight excluding hydrogens is 453 g/mol. The summed E-state index contributed by atoms with van der Waals surface area (Å²) in [6.45, 7) is 5.25. The summed E-state index contributed by atoms with van der Waals surface area (Å²) in [6.07, 6.45) is 0.705. The predicted octanol–water partition coefficient (Wildman–Crippen LogP) is 1.98. The molecule has 0 spiro atoms. The van der Waals surface area contributed by atoms with Crippen LogP contribution in [0.15, 0.2) is 29.3 Å². The fraction of sp³-hybridized carbons (Fsp3) is 0.588. The molecule has 142 valence electrons. The third kappa shape index (κ3) is 7.81. The molecule has 0 bridgehead atoms. The van der Waals surface area contributed by atoms with Gasteiger partial charge in [-0.1, -0.05) is 12.1 Å². The van der Waals surface area contributed by atoms with Crippen LogP contribution >= 0.6 is 24.0 Å². The number of hydrogen-bond acceptors (Lipinski definition) is 4. The van der Waals surface area contributed by atoms with Gasteiger partial charge in [0.15, 0.2) is 15.8 Å². The largest absolute Gasteiger partial charge is 0.489 e. The summed E-state index contributed by atoms with van der Waals surface area (Å²) in [6, 6.07) is 7.95. The molecule has 1 fully saturated rings. The van der Waals surface area contributed by atoms with Crippen molar-refractivity contribution in [2.75, 3.05) is 31.6 Å². The van der Waals surface area contributed by atoms with Gasteiger partial charge in [0.05, 0.1) is 18.1 Å². The van der Waals surface area contributed by atoms with Crippen molar-refractivity contribution in [1.82, 2.24) is 10.6 Å². The highest BCUT2D eigenvalue weighted by Gasteiger charge is 2.27. The Bertz CT molecular complexity index is 679. The van der Waals surface area contributed by atoms with Gasteiger partial charge in [0.2, 0.25) is 0 Å². The normalized spacial score (nSPS) is 20.4. The maximum Gasteiger partial charge on any atom is 0.191 e. The molecule has 2 N–H and O–H groups in total. The van der Waals surface area contributed by atoms with Crippen molar-refractivity contribution in [3.8, 4) is 5.75 Å². The minimum Gasteiger partial charge on any atom is -0.489 e. The Morgan fingerprint density at radius 1 is 1.40 bits per heavy atom. The number of aliphatic imine (C=N–C) groups is 1. The lowest BCUT2D eigenvalue weighted by molar-refractivity contribution is 0.223. The van der Waals surface area contributed by atoms with Crippen LogP contribution in [0.1, 0.15) is 18.9 Å². The molecule has 1 saturated heterocycles. The number of ether oxygens (including phenoxy) is 1. The van der Waals surface area contributed by atoms with E-state index in [-0.39, 0.29) is 41.8 Å². The summed E-state index contributed by atoms with van der Waals surface area (Å²) in [5.41, 5.74) is 1.16. The third-order valence-corrected chi connectivity index (χ3v) is 5.83. The number of aryl methyl sites for hydroxylation is 1. The van der Waals surface area contributed by atoms with E-state index in [2.05, 4.69) is 15.6 Å². The number of nitrogens with zero attached hydrogens (tertiary/aromatic N) is 1. The standard InChI is InChI=1S/C17H27N3O3S.HI/c1-13-5-4-6-16(9-13)23-14(2)10-19-17(18-3)20-11-15-7-8-24(21,22)12-15;/h4-6,9,14-15H,7-8,10-12H2,1-3H3,(H2,18,19,20);1H. The minimum atomic E-state index is -2.83. The van der Waals surface area contributed by atoms with E-state index in [0.717, 1.165) is 17.7 Å². The van der Waals surface area contributed by atoms with Crippen LogP contribution in [0.5, 0.6) is 5.75 Å². The highest BCUT2D eigenvalue weighted by molar-refractivity contribution is 14.0. The summed E-state index contributed by atoms with van der Waals surface area (Å²) in [4.78, 5) is 4.17. The number of guanidine groups is 1. The van der Waals surface area contributed by atoms with E-state index >= 15 is 0 Å². The van der Waals surface area contributed by atoms with Gasteiger partial charge in [-0.05, 0) is 43.9 Å². The lowest BCUT2D eigenvalue weighted by atomic mass is 10.1. The first-order valence-electron chi connectivity index (χ1n) is 8.26. The van der Waals surface area contributed by atoms with Crippen molar-refractivity contribution in [1.29, 1.82) is 0 Å². The zero-order valence-corrected chi connectivity index (χ0v) is 18.1. The molecule has 25 heavy (non-hydrogen) atoms. The first-order valence-corrected chi connectivity index (χ1v) is 10.1. The van der Waals surface area contributed by atoms with E-state index in [4.69, 9.17) is 4.74 Å². The van der Waals surface area contributed by atoms with E-state index in [0.29, 0.717) is 24.8 Å².